The topological polar surface area (TPSA) is 104 Å². The zero-order chi connectivity index (χ0) is 39.0. The second-order valence-corrected chi connectivity index (χ2v) is 17.8. The number of ether oxygens (including phenoxy) is 2. The highest BCUT2D eigenvalue weighted by molar-refractivity contribution is 6.37. The summed E-state index contributed by atoms with van der Waals surface area (Å²) in [5.74, 6) is 0.615. The van der Waals surface area contributed by atoms with E-state index < -0.39 is 17.6 Å². The summed E-state index contributed by atoms with van der Waals surface area (Å²) in [6.45, 7) is 9.88. The molecule has 4 aliphatic rings. The predicted octanol–water partition coefficient (Wildman–Crippen LogP) is 8.36. The van der Waals surface area contributed by atoms with Crippen LogP contribution in [-0.4, -0.2) is 82.7 Å². The smallest absolute Gasteiger partial charge is 0.410 e. The van der Waals surface area contributed by atoms with Crippen LogP contribution in [0.3, 0.4) is 0 Å². The molecule has 10 nitrogen and oxygen atoms in total. The van der Waals surface area contributed by atoms with Gasteiger partial charge in [0.1, 0.15) is 17.5 Å². The van der Waals surface area contributed by atoms with Crippen LogP contribution < -0.4 is 15.0 Å². The third kappa shape index (κ3) is 9.99. The van der Waals surface area contributed by atoms with Crippen LogP contribution in [0, 0.1) is 12.8 Å². The minimum absolute atomic E-state index is 0.00670. The van der Waals surface area contributed by atoms with Gasteiger partial charge in [-0.05, 0) is 106 Å². The molecule has 7 rings (SSSR count). The Morgan fingerprint density at radius 1 is 0.909 bits per heavy atom. The summed E-state index contributed by atoms with van der Waals surface area (Å²) >= 11 is 19.7. The molecule has 55 heavy (non-hydrogen) atoms. The first-order valence-corrected chi connectivity index (χ1v) is 20.5. The van der Waals surface area contributed by atoms with Crippen LogP contribution in [0.5, 0.6) is 5.75 Å². The minimum atomic E-state index is -0.664. The molecule has 1 N–H and O–H groups in total. The average molecular weight is 811 g/mol. The van der Waals surface area contributed by atoms with E-state index in [1.54, 1.807) is 4.90 Å². The third-order valence-corrected chi connectivity index (χ3v) is 11.6. The molecule has 4 fully saturated rings. The molecule has 2 aliphatic heterocycles. The first-order valence-electron chi connectivity index (χ1n) is 19.4. The summed E-state index contributed by atoms with van der Waals surface area (Å²) in [7, 11) is 0. The van der Waals surface area contributed by atoms with Gasteiger partial charge in [-0.1, -0.05) is 53.0 Å². The van der Waals surface area contributed by atoms with Gasteiger partial charge in [-0.3, -0.25) is 9.59 Å². The van der Waals surface area contributed by atoms with Crippen molar-refractivity contribution in [1.82, 2.24) is 20.1 Å². The maximum absolute atomic E-state index is 14.8. The van der Waals surface area contributed by atoms with Crippen molar-refractivity contribution < 1.29 is 23.9 Å². The van der Waals surface area contributed by atoms with E-state index in [0.29, 0.717) is 46.9 Å². The van der Waals surface area contributed by atoms with Gasteiger partial charge in [-0.2, -0.15) is 0 Å². The van der Waals surface area contributed by atoms with E-state index in [0.717, 1.165) is 66.7 Å². The first kappa shape index (κ1) is 39.5. The number of pyridine rings is 1. The number of likely N-dealkylation sites (tertiary alicyclic amines) is 1. The van der Waals surface area contributed by atoms with Crippen molar-refractivity contribution >= 4 is 58.5 Å². The molecule has 0 bridgehead atoms. The molecule has 0 radical (unpaired) electrons. The van der Waals surface area contributed by atoms with Crippen LogP contribution in [0.1, 0.15) is 87.5 Å². The highest BCUT2D eigenvalue weighted by Crippen LogP contribution is 2.40. The maximum Gasteiger partial charge on any atom is 0.410 e. The molecule has 3 aromatic rings. The van der Waals surface area contributed by atoms with E-state index in [9.17, 15) is 14.4 Å². The van der Waals surface area contributed by atoms with Crippen LogP contribution in [0.2, 0.25) is 15.1 Å². The van der Waals surface area contributed by atoms with Crippen molar-refractivity contribution in [2.24, 2.45) is 5.92 Å². The number of hydrogen-bond donors (Lipinski definition) is 1. The average Bonchev–Trinajstić information content (AvgIpc) is 4.08. The molecule has 3 atom stereocenters. The zero-order valence-corrected chi connectivity index (χ0v) is 34.2. The van der Waals surface area contributed by atoms with Gasteiger partial charge in [-0.15, -0.1) is 0 Å². The number of halogens is 3. The number of anilines is 1. The molecule has 1 aromatic heterocycles. The molecule has 2 saturated heterocycles. The Morgan fingerprint density at radius 3 is 2.31 bits per heavy atom. The van der Waals surface area contributed by atoms with Crippen molar-refractivity contribution in [3.05, 3.63) is 86.0 Å². The summed E-state index contributed by atoms with van der Waals surface area (Å²) in [5.41, 5.74) is 2.93. The fraction of sp³-hybridized carbons (Fsp3) is 0.524. The number of piperidine rings is 1. The fourth-order valence-electron chi connectivity index (χ4n) is 7.62. The number of nitrogens with one attached hydrogen (secondary N) is 1. The Balaban J connectivity index is 1.08. The molecular formula is C42H50Cl3N5O5. The minimum Gasteiger partial charge on any atom is -0.485 e. The first-order chi connectivity index (χ1) is 26.2. The number of aromatic nitrogens is 1. The van der Waals surface area contributed by atoms with Gasteiger partial charge >= 0.3 is 6.09 Å². The number of amides is 3. The van der Waals surface area contributed by atoms with Gasteiger partial charge in [0.25, 0.3) is 0 Å². The largest absolute Gasteiger partial charge is 0.485 e. The molecule has 0 spiro atoms. The number of nitrogens with zero attached hydrogens (tertiary/aromatic N) is 4. The number of aryl methyl sites for hydroxylation is 1. The van der Waals surface area contributed by atoms with Gasteiger partial charge in [0.2, 0.25) is 11.8 Å². The van der Waals surface area contributed by atoms with Crippen LogP contribution in [0.4, 0.5) is 10.6 Å². The molecule has 2 aromatic carbocycles. The maximum atomic E-state index is 14.8. The summed E-state index contributed by atoms with van der Waals surface area (Å²) in [5, 5.41) is 4.60. The number of rotatable bonds is 11. The molecular weight excluding hydrogens is 761 g/mol. The normalized spacial score (nSPS) is 21.3. The van der Waals surface area contributed by atoms with E-state index >= 15 is 0 Å². The molecule has 0 unspecified atom stereocenters. The number of benzene rings is 2. The van der Waals surface area contributed by atoms with Crippen LogP contribution in [-0.2, 0) is 27.3 Å². The van der Waals surface area contributed by atoms with Gasteiger partial charge in [-0.25, -0.2) is 9.78 Å². The number of hydrogen-bond acceptors (Lipinski definition) is 7. The van der Waals surface area contributed by atoms with Crippen LogP contribution >= 0.6 is 34.8 Å². The lowest BCUT2D eigenvalue weighted by atomic mass is 9.80. The Labute approximate surface area is 338 Å². The fourth-order valence-corrected chi connectivity index (χ4v) is 8.48. The lowest BCUT2D eigenvalue weighted by molar-refractivity contribution is -0.139. The van der Waals surface area contributed by atoms with E-state index in [1.807, 2.05) is 75.2 Å². The van der Waals surface area contributed by atoms with Gasteiger partial charge in [0, 0.05) is 61.8 Å². The SMILES string of the molecule is Cc1cc(Cl)c(O[C@H]2CCN(c3ccc([C@@H]4CCN(C(=O)OC(C)(C)C)C[C@H]4C(=O)N(Cc4cc(CC(=O)NC5CC5)ccc4Cl)C4CC4)cn3)C2)c(Cl)c1. The predicted molar refractivity (Wildman–Crippen MR) is 215 cm³/mol. The van der Waals surface area contributed by atoms with Crippen LogP contribution in [0.25, 0.3) is 0 Å². The Morgan fingerprint density at radius 2 is 1.65 bits per heavy atom. The van der Waals surface area contributed by atoms with E-state index in [1.165, 1.54) is 0 Å². The highest BCUT2D eigenvalue weighted by atomic mass is 35.5. The number of carbonyl (C=O) groups is 3. The summed E-state index contributed by atoms with van der Waals surface area (Å²) in [6.07, 6.45) is 6.85. The van der Waals surface area contributed by atoms with E-state index in [2.05, 4.69) is 16.3 Å². The second kappa shape index (κ2) is 16.4. The third-order valence-electron chi connectivity index (χ3n) is 10.7. The van der Waals surface area contributed by atoms with Gasteiger partial charge in [0.05, 0.1) is 28.9 Å². The molecule has 294 valence electrons. The Bertz CT molecular complexity index is 1890. The monoisotopic (exact) mass is 809 g/mol. The Kier molecular flexibility index (Phi) is 11.8. The van der Waals surface area contributed by atoms with E-state index in [-0.39, 0.29) is 48.9 Å². The second-order valence-electron chi connectivity index (χ2n) is 16.6. The lowest BCUT2D eigenvalue weighted by Crippen LogP contribution is -2.51. The summed E-state index contributed by atoms with van der Waals surface area (Å²) in [4.78, 5) is 51.4. The highest BCUT2D eigenvalue weighted by Gasteiger charge is 2.44. The molecule has 3 amide bonds. The van der Waals surface area contributed by atoms with E-state index in [4.69, 9.17) is 49.3 Å². The molecule has 3 heterocycles. The Hall–Kier alpha value is -3.73. The lowest BCUT2D eigenvalue weighted by Gasteiger charge is -2.40. The van der Waals surface area contributed by atoms with Crippen molar-refractivity contribution in [1.29, 1.82) is 0 Å². The molecule has 2 aliphatic carbocycles. The van der Waals surface area contributed by atoms with Crippen molar-refractivity contribution in [3.8, 4) is 5.75 Å². The standard InChI is InChI=1S/C42H50Cl3N5O5/c1-25-17-35(44)39(36(45)18-25)54-31-13-15-48(23-31)37-12-6-27(21-46-37)32-14-16-49(41(53)55-42(2,3)4)24-33(32)40(52)50(30-9-10-30)22-28-19-26(5-11-34(28)43)20-38(51)47-29-7-8-29/h5-6,11-12,17-19,21,29-33H,7-10,13-16,20,22-24H2,1-4H3,(H,47,51)/t31-,32-,33+/m0/s1. The summed E-state index contributed by atoms with van der Waals surface area (Å²) < 4.78 is 12.0. The number of carbonyl (C=O) groups excluding carboxylic acids is 3. The summed E-state index contributed by atoms with van der Waals surface area (Å²) in [6, 6.07) is 13.8. The quantitative estimate of drug-likeness (QED) is 0.208. The molecule has 13 heteroatoms. The van der Waals surface area contributed by atoms with Crippen molar-refractivity contribution in [2.75, 3.05) is 31.1 Å². The zero-order valence-electron chi connectivity index (χ0n) is 32.0. The van der Waals surface area contributed by atoms with Gasteiger partial charge < -0.3 is 29.5 Å². The van der Waals surface area contributed by atoms with Gasteiger partial charge in [0.15, 0.2) is 5.75 Å². The molecule has 2 saturated carbocycles. The van der Waals surface area contributed by atoms with Crippen LogP contribution in [0.15, 0.2) is 48.7 Å². The van der Waals surface area contributed by atoms with Crippen molar-refractivity contribution in [3.63, 3.8) is 0 Å². The van der Waals surface area contributed by atoms with Crippen molar-refractivity contribution in [2.45, 2.75) is 109 Å².